The lowest BCUT2D eigenvalue weighted by molar-refractivity contribution is -0.0225. The molecule has 1 fully saturated rings. The zero-order valence-electron chi connectivity index (χ0n) is 11.8. The lowest BCUT2D eigenvalue weighted by atomic mass is 10.0. The Kier molecular flexibility index (Phi) is 5.34. The number of hydrogen-bond donors (Lipinski definition) is 2. The van der Waals surface area contributed by atoms with E-state index in [9.17, 15) is 13.5 Å². The van der Waals surface area contributed by atoms with Gasteiger partial charge in [0.2, 0.25) is 0 Å². The van der Waals surface area contributed by atoms with Gasteiger partial charge in [0, 0.05) is 6.42 Å². The molecule has 118 valence electrons. The summed E-state index contributed by atoms with van der Waals surface area (Å²) < 4.78 is 32.0. The van der Waals surface area contributed by atoms with Crippen molar-refractivity contribution in [3.8, 4) is 0 Å². The zero-order chi connectivity index (χ0) is 15.5. The van der Waals surface area contributed by atoms with Crippen molar-refractivity contribution in [2.45, 2.75) is 31.2 Å². The molecule has 0 saturated carbocycles. The van der Waals surface area contributed by atoms with E-state index in [4.69, 9.17) is 14.0 Å². The summed E-state index contributed by atoms with van der Waals surface area (Å²) in [6, 6.07) is 7.52. The third-order valence-corrected chi connectivity index (χ3v) is 4.04. The smallest absolute Gasteiger partial charge is 0.264 e. The molecular weight excluding hydrogens is 296 g/mol. The largest absolute Gasteiger partial charge is 0.394 e. The first-order valence-corrected chi connectivity index (χ1v) is 8.58. The van der Waals surface area contributed by atoms with E-state index < -0.39 is 22.3 Å². The fraction of sp³-hybridized carbons (Fsp3) is 0.571. The molecule has 1 aliphatic heterocycles. The van der Waals surface area contributed by atoms with Gasteiger partial charge in [0.05, 0.1) is 31.7 Å². The monoisotopic (exact) mass is 316 g/mol. The van der Waals surface area contributed by atoms with Gasteiger partial charge >= 0.3 is 0 Å². The number of benzene rings is 1. The second-order valence-electron chi connectivity index (χ2n) is 5.17. The van der Waals surface area contributed by atoms with Crippen LogP contribution in [0.15, 0.2) is 24.3 Å². The van der Waals surface area contributed by atoms with Gasteiger partial charge in [0.15, 0.2) is 0 Å². The minimum atomic E-state index is -3.40. The Morgan fingerprint density at radius 2 is 2.00 bits per heavy atom. The van der Waals surface area contributed by atoms with E-state index in [1.807, 2.05) is 24.3 Å². The maximum absolute atomic E-state index is 10.9. The molecule has 0 aliphatic carbocycles. The zero-order valence-corrected chi connectivity index (χ0v) is 12.6. The van der Waals surface area contributed by atoms with Crippen molar-refractivity contribution in [3.63, 3.8) is 0 Å². The van der Waals surface area contributed by atoms with Crippen LogP contribution in [0.2, 0.25) is 0 Å². The summed E-state index contributed by atoms with van der Waals surface area (Å²) in [5.74, 6) is 0. The Bertz CT molecular complexity index is 553. The van der Waals surface area contributed by atoms with Crippen molar-refractivity contribution in [3.05, 3.63) is 35.4 Å². The Hall–Kier alpha value is -0.990. The molecule has 1 aliphatic rings. The average Bonchev–Trinajstić information content (AvgIpc) is 2.79. The van der Waals surface area contributed by atoms with Crippen molar-refractivity contribution in [1.82, 2.24) is 0 Å². The minimum Gasteiger partial charge on any atom is -0.394 e. The number of hydrogen-bond acceptors (Lipinski definition) is 6. The van der Waals surface area contributed by atoms with E-state index in [0.717, 1.165) is 17.4 Å². The first kappa shape index (κ1) is 16.4. The van der Waals surface area contributed by atoms with Crippen molar-refractivity contribution >= 4 is 10.1 Å². The SMILES string of the molecule is CS(=O)(=O)OCCc1ccc(C2C[C@H](O)[C@@H](CO)O2)cc1. The van der Waals surface area contributed by atoms with Gasteiger partial charge in [-0.3, -0.25) is 4.18 Å². The summed E-state index contributed by atoms with van der Waals surface area (Å²) in [4.78, 5) is 0. The van der Waals surface area contributed by atoms with Gasteiger partial charge in [0.1, 0.15) is 6.10 Å². The Balaban J connectivity index is 1.90. The van der Waals surface area contributed by atoms with Gasteiger partial charge in [0.25, 0.3) is 10.1 Å². The molecule has 6 nitrogen and oxygen atoms in total. The molecule has 0 radical (unpaired) electrons. The van der Waals surface area contributed by atoms with Gasteiger partial charge in [-0.25, -0.2) is 0 Å². The quantitative estimate of drug-likeness (QED) is 0.738. The molecule has 0 aromatic heterocycles. The predicted octanol–water partition coefficient (Wildman–Crippen LogP) is 0.388. The maximum Gasteiger partial charge on any atom is 0.264 e. The molecule has 1 aromatic rings. The minimum absolute atomic E-state index is 0.114. The molecule has 7 heteroatoms. The summed E-state index contributed by atoms with van der Waals surface area (Å²) in [6.45, 7) is -0.0814. The molecule has 1 aromatic carbocycles. The second kappa shape index (κ2) is 6.85. The van der Waals surface area contributed by atoms with Gasteiger partial charge in [-0.05, 0) is 17.5 Å². The van der Waals surface area contributed by atoms with Crippen molar-refractivity contribution in [1.29, 1.82) is 0 Å². The van der Waals surface area contributed by atoms with Gasteiger partial charge < -0.3 is 14.9 Å². The lowest BCUT2D eigenvalue weighted by Gasteiger charge is -2.12. The molecule has 2 N–H and O–H groups in total. The summed E-state index contributed by atoms with van der Waals surface area (Å²) >= 11 is 0. The van der Waals surface area contributed by atoms with E-state index >= 15 is 0 Å². The molecule has 1 heterocycles. The van der Waals surface area contributed by atoms with Crippen LogP contribution in [0.4, 0.5) is 0 Å². The fourth-order valence-corrected chi connectivity index (χ4v) is 2.70. The van der Waals surface area contributed by atoms with Crippen molar-refractivity contribution in [2.75, 3.05) is 19.5 Å². The molecule has 21 heavy (non-hydrogen) atoms. The van der Waals surface area contributed by atoms with Crippen LogP contribution in [0, 0.1) is 0 Å². The Morgan fingerprint density at radius 1 is 1.33 bits per heavy atom. The van der Waals surface area contributed by atoms with Crippen LogP contribution in [0.25, 0.3) is 0 Å². The predicted molar refractivity (Wildman–Crippen MR) is 76.3 cm³/mol. The Labute approximate surface area is 124 Å². The summed E-state index contributed by atoms with van der Waals surface area (Å²) in [7, 11) is -3.40. The highest BCUT2D eigenvalue weighted by Gasteiger charge is 2.34. The topological polar surface area (TPSA) is 93.1 Å². The van der Waals surface area contributed by atoms with Crippen LogP contribution in [0.3, 0.4) is 0 Å². The summed E-state index contributed by atoms with van der Waals surface area (Å²) in [5, 5.41) is 18.8. The van der Waals surface area contributed by atoms with Crippen LogP contribution < -0.4 is 0 Å². The third kappa shape index (κ3) is 4.76. The van der Waals surface area contributed by atoms with Gasteiger partial charge in [-0.2, -0.15) is 8.42 Å². The fourth-order valence-electron chi connectivity index (χ4n) is 2.32. The van der Waals surface area contributed by atoms with Gasteiger partial charge in [-0.1, -0.05) is 24.3 Å². The van der Waals surface area contributed by atoms with E-state index in [1.54, 1.807) is 0 Å². The van der Waals surface area contributed by atoms with E-state index in [-0.39, 0.29) is 19.3 Å². The van der Waals surface area contributed by atoms with Crippen LogP contribution in [-0.2, 0) is 25.5 Å². The first-order valence-electron chi connectivity index (χ1n) is 6.76. The molecule has 0 bridgehead atoms. The summed E-state index contributed by atoms with van der Waals surface area (Å²) in [5.41, 5.74) is 1.89. The third-order valence-electron chi connectivity index (χ3n) is 3.44. The Morgan fingerprint density at radius 3 is 2.52 bits per heavy atom. The molecule has 0 spiro atoms. The number of ether oxygens (including phenoxy) is 1. The molecule has 1 unspecified atom stereocenters. The highest BCUT2D eigenvalue weighted by Crippen LogP contribution is 2.32. The number of aliphatic hydroxyl groups excluding tert-OH is 2. The average molecular weight is 316 g/mol. The van der Waals surface area contributed by atoms with Gasteiger partial charge in [-0.15, -0.1) is 0 Å². The maximum atomic E-state index is 10.9. The van der Waals surface area contributed by atoms with Crippen LogP contribution in [0.1, 0.15) is 23.7 Å². The van der Waals surface area contributed by atoms with Crippen LogP contribution in [-0.4, -0.2) is 50.3 Å². The molecule has 2 rings (SSSR count). The summed E-state index contributed by atoms with van der Waals surface area (Å²) in [6.07, 6.45) is 0.581. The molecular formula is C14H20O6S. The first-order chi connectivity index (χ1) is 9.89. The second-order valence-corrected chi connectivity index (χ2v) is 6.81. The normalized spacial score (nSPS) is 26.1. The molecule has 1 saturated heterocycles. The van der Waals surface area contributed by atoms with Crippen molar-refractivity contribution in [2.24, 2.45) is 0 Å². The van der Waals surface area contributed by atoms with Crippen LogP contribution >= 0.6 is 0 Å². The van der Waals surface area contributed by atoms with E-state index in [0.29, 0.717) is 12.8 Å². The molecule has 3 atom stereocenters. The highest BCUT2D eigenvalue weighted by molar-refractivity contribution is 7.85. The molecule has 0 amide bonds. The highest BCUT2D eigenvalue weighted by atomic mass is 32.2. The number of aliphatic hydroxyl groups is 2. The lowest BCUT2D eigenvalue weighted by Crippen LogP contribution is -2.24. The van der Waals surface area contributed by atoms with E-state index in [1.165, 1.54) is 0 Å². The van der Waals surface area contributed by atoms with Crippen molar-refractivity contribution < 1.29 is 27.6 Å². The van der Waals surface area contributed by atoms with E-state index in [2.05, 4.69) is 0 Å². The standard InChI is InChI=1S/C14H20O6S/c1-21(17,18)19-7-6-10-2-4-11(5-3-10)13-8-12(16)14(9-15)20-13/h2-5,12-16H,6-9H2,1H3/t12-,13?,14+/m0/s1. The van der Waals surface area contributed by atoms with Crippen LogP contribution in [0.5, 0.6) is 0 Å². The number of rotatable bonds is 6.